The Morgan fingerprint density at radius 3 is 1.98 bits per heavy atom. The van der Waals surface area contributed by atoms with Crippen molar-refractivity contribution in [1.29, 1.82) is 5.26 Å². The molecule has 0 saturated carbocycles. The lowest BCUT2D eigenvalue weighted by atomic mass is 9.91. The lowest BCUT2D eigenvalue weighted by Gasteiger charge is -2.28. The predicted molar refractivity (Wildman–Crippen MR) is 160 cm³/mol. The topological polar surface area (TPSA) is 113 Å². The van der Waals surface area contributed by atoms with Gasteiger partial charge in [-0.1, -0.05) is 80.6 Å². The lowest BCUT2D eigenvalue weighted by Crippen LogP contribution is -2.45. The molecule has 0 heterocycles. The molecule has 11 heteroatoms. The molecule has 3 aromatic rings. The van der Waals surface area contributed by atoms with Gasteiger partial charge in [-0.3, -0.25) is 14.9 Å². The Bertz CT molecular complexity index is 1550. The molecule has 0 radical (unpaired) electrons. The summed E-state index contributed by atoms with van der Waals surface area (Å²) in [5.41, 5.74) is 1.85. The molecule has 44 heavy (non-hydrogen) atoms. The third kappa shape index (κ3) is 10.3. The van der Waals surface area contributed by atoms with Crippen LogP contribution in [0.25, 0.3) is 11.1 Å². The Morgan fingerprint density at radius 2 is 1.48 bits per heavy atom. The molecule has 0 saturated heterocycles. The van der Waals surface area contributed by atoms with Crippen molar-refractivity contribution < 1.29 is 35.9 Å². The van der Waals surface area contributed by atoms with Gasteiger partial charge in [-0.2, -0.15) is 18.4 Å². The molecule has 3 rings (SSSR count). The molecule has 0 aliphatic carbocycles. The first-order valence-corrected chi connectivity index (χ1v) is 15.9. The molecule has 0 aromatic heterocycles. The van der Waals surface area contributed by atoms with Crippen LogP contribution in [0, 0.1) is 23.2 Å². The summed E-state index contributed by atoms with van der Waals surface area (Å²) in [5.74, 6) is -2.47. The van der Waals surface area contributed by atoms with Crippen LogP contribution in [0.5, 0.6) is 0 Å². The molecular formula is C33H35F3N2O5S. The van der Waals surface area contributed by atoms with E-state index < -0.39 is 52.2 Å². The van der Waals surface area contributed by atoms with Gasteiger partial charge in [-0.05, 0) is 46.7 Å². The molecule has 3 atom stereocenters. The summed E-state index contributed by atoms with van der Waals surface area (Å²) in [6.45, 7) is 3.55. The van der Waals surface area contributed by atoms with Crippen LogP contribution >= 0.6 is 0 Å². The van der Waals surface area contributed by atoms with Crippen molar-refractivity contribution in [3.05, 3.63) is 90.0 Å². The maximum Gasteiger partial charge on any atom is 0.407 e. The molecule has 0 aliphatic heterocycles. The summed E-state index contributed by atoms with van der Waals surface area (Å²) in [7, 11) is -3.39. The summed E-state index contributed by atoms with van der Waals surface area (Å²) in [6.07, 6.45) is -4.34. The lowest BCUT2D eigenvalue weighted by molar-refractivity contribution is -0.161. The van der Waals surface area contributed by atoms with E-state index in [1.54, 1.807) is 50.2 Å². The standard InChI is InChI=1S/C33H35F3N2O5S/c1-22(2)17-29(30(39)18-24(20-37)19-31(40)43-21-23-7-5-4-6-8-23)38-32(33(34,35)36)27-11-9-25(10-12-27)26-13-15-28(16-14-26)44(3,41)42/h4-16,22,24,29,32,38H,17-19,21H2,1-3H3/t24-,29-,32-/m0/s1. The molecule has 0 fully saturated rings. The van der Waals surface area contributed by atoms with Gasteiger partial charge in [0, 0.05) is 12.7 Å². The quantitative estimate of drug-likeness (QED) is 0.200. The zero-order chi connectivity index (χ0) is 32.5. The number of ether oxygens (including phenoxy) is 1. The van der Waals surface area contributed by atoms with Gasteiger partial charge in [0.15, 0.2) is 15.6 Å². The van der Waals surface area contributed by atoms with E-state index in [4.69, 9.17) is 4.74 Å². The second-order valence-corrected chi connectivity index (χ2v) is 13.1. The smallest absolute Gasteiger partial charge is 0.407 e. The summed E-state index contributed by atoms with van der Waals surface area (Å²) in [6, 6.07) is 19.1. The average molecular weight is 629 g/mol. The Morgan fingerprint density at radius 1 is 0.909 bits per heavy atom. The molecule has 234 valence electrons. The van der Waals surface area contributed by atoms with Crippen molar-refractivity contribution >= 4 is 21.6 Å². The number of alkyl halides is 3. The van der Waals surface area contributed by atoms with Crippen molar-refractivity contribution in [2.45, 2.75) is 62.9 Å². The van der Waals surface area contributed by atoms with Gasteiger partial charge in [0.2, 0.25) is 0 Å². The molecule has 3 aromatic carbocycles. The van der Waals surface area contributed by atoms with Crippen molar-refractivity contribution in [2.75, 3.05) is 6.26 Å². The van der Waals surface area contributed by atoms with E-state index >= 15 is 0 Å². The maximum atomic E-state index is 14.3. The second kappa shape index (κ2) is 15.1. The average Bonchev–Trinajstić information content (AvgIpc) is 2.97. The zero-order valence-electron chi connectivity index (χ0n) is 24.7. The molecule has 0 bridgehead atoms. The molecule has 0 unspecified atom stereocenters. The van der Waals surface area contributed by atoms with Gasteiger partial charge in [-0.15, -0.1) is 0 Å². The van der Waals surface area contributed by atoms with Crippen molar-refractivity contribution in [2.24, 2.45) is 11.8 Å². The third-order valence-corrected chi connectivity index (χ3v) is 8.07. The Balaban J connectivity index is 1.73. The van der Waals surface area contributed by atoms with Gasteiger partial charge >= 0.3 is 12.1 Å². The fraction of sp³-hybridized carbons (Fsp3) is 0.364. The van der Waals surface area contributed by atoms with E-state index in [1.165, 1.54) is 36.4 Å². The minimum atomic E-state index is -4.75. The first kappa shape index (κ1) is 34.5. The number of carbonyl (C=O) groups excluding carboxylic acids is 2. The van der Waals surface area contributed by atoms with E-state index in [1.807, 2.05) is 12.1 Å². The normalized spacial score (nSPS) is 14.0. The number of benzene rings is 3. The number of carbonyl (C=O) groups is 2. The Labute approximate surface area is 256 Å². The van der Waals surface area contributed by atoms with Crippen LogP contribution in [-0.2, 0) is 30.8 Å². The highest BCUT2D eigenvalue weighted by molar-refractivity contribution is 7.90. The Hall–Kier alpha value is -4.01. The van der Waals surface area contributed by atoms with Gasteiger partial charge < -0.3 is 4.74 Å². The van der Waals surface area contributed by atoms with E-state index in [0.29, 0.717) is 11.1 Å². The summed E-state index contributed by atoms with van der Waals surface area (Å²) >= 11 is 0. The van der Waals surface area contributed by atoms with Crippen LogP contribution in [0.15, 0.2) is 83.8 Å². The number of rotatable bonds is 14. The summed E-state index contributed by atoms with van der Waals surface area (Å²) < 4.78 is 71.6. The van der Waals surface area contributed by atoms with Crippen LogP contribution in [0.3, 0.4) is 0 Å². The first-order chi connectivity index (χ1) is 20.7. The number of halogens is 3. The fourth-order valence-corrected chi connectivity index (χ4v) is 5.28. The second-order valence-electron chi connectivity index (χ2n) is 11.1. The monoisotopic (exact) mass is 628 g/mol. The van der Waals surface area contributed by atoms with Gasteiger partial charge in [-0.25, -0.2) is 8.42 Å². The van der Waals surface area contributed by atoms with Crippen molar-refractivity contribution in [3.8, 4) is 17.2 Å². The van der Waals surface area contributed by atoms with Crippen LogP contribution in [0.2, 0.25) is 0 Å². The molecule has 0 spiro atoms. The minimum Gasteiger partial charge on any atom is -0.461 e. The molecule has 0 aliphatic rings. The fourth-order valence-electron chi connectivity index (χ4n) is 4.65. The summed E-state index contributed by atoms with van der Waals surface area (Å²) in [4.78, 5) is 25.7. The number of Topliss-reactive ketones (excluding diaryl/α,β-unsaturated/α-hetero) is 1. The highest BCUT2D eigenvalue weighted by Gasteiger charge is 2.43. The van der Waals surface area contributed by atoms with E-state index in [9.17, 15) is 36.4 Å². The van der Waals surface area contributed by atoms with Crippen molar-refractivity contribution in [3.63, 3.8) is 0 Å². The number of nitrogens with zero attached hydrogens (tertiary/aromatic N) is 1. The summed E-state index contributed by atoms with van der Waals surface area (Å²) in [5, 5.41) is 12.1. The van der Waals surface area contributed by atoms with Gasteiger partial charge in [0.05, 0.1) is 29.3 Å². The Kier molecular flexibility index (Phi) is 11.9. The predicted octanol–water partition coefficient (Wildman–Crippen LogP) is 6.60. The van der Waals surface area contributed by atoms with Gasteiger partial charge in [0.25, 0.3) is 0 Å². The van der Waals surface area contributed by atoms with E-state index in [-0.39, 0.29) is 35.8 Å². The number of esters is 1. The number of nitrogens with one attached hydrogen (secondary N) is 1. The molecule has 0 amide bonds. The van der Waals surface area contributed by atoms with E-state index in [0.717, 1.165) is 11.8 Å². The number of ketones is 1. The number of hydrogen-bond acceptors (Lipinski definition) is 7. The van der Waals surface area contributed by atoms with Crippen molar-refractivity contribution in [1.82, 2.24) is 5.32 Å². The molecule has 7 nitrogen and oxygen atoms in total. The molecular weight excluding hydrogens is 593 g/mol. The SMILES string of the molecule is CC(C)C[C@H](N[C@@H](c1ccc(-c2ccc(S(C)(=O)=O)cc2)cc1)C(F)(F)F)C(=O)C[C@H](C#N)CC(=O)OCc1ccccc1. The van der Waals surface area contributed by atoms with Gasteiger partial charge in [0.1, 0.15) is 12.6 Å². The number of nitriles is 1. The third-order valence-electron chi connectivity index (χ3n) is 6.94. The first-order valence-electron chi connectivity index (χ1n) is 14.0. The minimum absolute atomic E-state index is 0.00130. The van der Waals surface area contributed by atoms with Crippen LogP contribution in [0.1, 0.15) is 50.3 Å². The molecule has 1 N–H and O–H groups in total. The van der Waals surface area contributed by atoms with Crippen LogP contribution in [0.4, 0.5) is 13.2 Å². The largest absolute Gasteiger partial charge is 0.461 e. The highest BCUT2D eigenvalue weighted by Crippen LogP contribution is 2.35. The number of sulfone groups is 1. The highest BCUT2D eigenvalue weighted by atomic mass is 32.2. The number of hydrogen-bond donors (Lipinski definition) is 1. The van der Waals surface area contributed by atoms with Crippen LogP contribution < -0.4 is 5.32 Å². The van der Waals surface area contributed by atoms with E-state index in [2.05, 4.69) is 5.32 Å². The maximum absolute atomic E-state index is 14.3. The zero-order valence-corrected chi connectivity index (χ0v) is 25.5. The van der Waals surface area contributed by atoms with Crippen LogP contribution in [-0.4, -0.2) is 38.6 Å².